The molecule has 21 heavy (non-hydrogen) atoms. The molecule has 1 aromatic carbocycles. The van der Waals surface area contributed by atoms with E-state index in [2.05, 4.69) is 4.98 Å². The van der Waals surface area contributed by atoms with Crippen LogP contribution in [0.15, 0.2) is 36.5 Å². The Morgan fingerprint density at radius 1 is 1.29 bits per heavy atom. The fourth-order valence-electron chi connectivity index (χ4n) is 1.85. The molecule has 0 saturated heterocycles. The fourth-order valence-corrected chi connectivity index (χ4v) is 1.85. The zero-order chi connectivity index (χ0) is 15.2. The van der Waals surface area contributed by atoms with Crippen LogP contribution in [0.2, 0.25) is 0 Å². The van der Waals surface area contributed by atoms with Crippen LogP contribution in [0.1, 0.15) is 27.2 Å². The smallest absolute Gasteiger partial charge is 0.297 e. The molecule has 0 saturated carbocycles. The average molecular weight is 288 g/mol. The van der Waals surface area contributed by atoms with Crippen LogP contribution >= 0.6 is 0 Å². The Kier molecular flexibility index (Phi) is 4.86. The number of rotatable bonds is 5. The molecule has 0 aliphatic carbocycles. The summed E-state index contributed by atoms with van der Waals surface area (Å²) in [6.45, 7) is 2.37. The zero-order valence-electron chi connectivity index (χ0n) is 11.5. The second-order valence-corrected chi connectivity index (χ2v) is 4.52. The highest BCUT2D eigenvalue weighted by molar-refractivity contribution is 5.94. The Balaban J connectivity index is 2.04. The van der Waals surface area contributed by atoms with E-state index in [0.717, 1.165) is 5.56 Å². The van der Waals surface area contributed by atoms with Gasteiger partial charge in [-0.15, -0.1) is 0 Å². The first-order valence-electron chi connectivity index (χ1n) is 6.37. The maximum Gasteiger partial charge on any atom is 0.297 e. The number of carbonyl (C=O) groups is 1. The molecule has 0 radical (unpaired) electrons. The van der Waals surface area contributed by atoms with Crippen molar-refractivity contribution in [3.8, 4) is 5.75 Å². The molecule has 1 amide bonds. The zero-order valence-corrected chi connectivity index (χ0v) is 11.5. The molecule has 0 atom stereocenters. The predicted molar refractivity (Wildman–Crippen MR) is 74.8 cm³/mol. The molecule has 0 aliphatic rings. The van der Waals surface area contributed by atoms with Crippen LogP contribution in [0.4, 0.5) is 0 Å². The average Bonchev–Trinajstić information content (AvgIpc) is 2.52. The first-order valence-corrected chi connectivity index (χ1v) is 6.37. The highest BCUT2D eigenvalue weighted by Gasteiger charge is 2.16. The fraction of sp³-hybridized carbons (Fsp3) is 0.200. The number of amides is 1. The lowest BCUT2D eigenvalue weighted by Gasteiger charge is -2.10. The normalized spacial score (nSPS) is 10.4. The van der Waals surface area contributed by atoms with Crippen LogP contribution in [-0.2, 0) is 18.0 Å². The molecule has 2 aromatic rings. The topological polar surface area (TPSA) is 91.7 Å². The van der Waals surface area contributed by atoms with Gasteiger partial charge >= 0.3 is 0 Å². The van der Waals surface area contributed by atoms with Gasteiger partial charge in [-0.3, -0.25) is 10.0 Å². The first-order chi connectivity index (χ1) is 10.1. The standard InChI is InChI=1S/C15H16N2O4/c1-10-12(7-16-13(14(10)18)15(19)17-20)9-21-8-11-5-3-2-4-6-11/h2-7,18,20H,8-9H2,1H3,(H,17,19). The molecule has 1 heterocycles. The molecule has 2 rings (SSSR count). The van der Waals surface area contributed by atoms with E-state index in [9.17, 15) is 9.90 Å². The SMILES string of the molecule is Cc1c(COCc2ccccc2)cnc(C(=O)NO)c1O. The molecule has 110 valence electrons. The van der Waals surface area contributed by atoms with Gasteiger partial charge in [0.2, 0.25) is 0 Å². The molecular weight excluding hydrogens is 272 g/mol. The van der Waals surface area contributed by atoms with Gasteiger partial charge in [-0.05, 0) is 12.5 Å². The van der Waals surface area contributed by atoms with Crippen LogP contribution in [0.25, 0.3) is 0 Å². The molecule has 3 N–H and O–H groups in total. The first kappa shape index (κ1) is 15.0. The highest BCUT2D eigenvalue weighted by atomic mass is 16.5. The molecule has 0 aliphatic heterocycles. The van der Waals surface area contributed by atoms with Crippen molar-refractivity contribution in [1.29, 1.82) is 0 Å². The molecular formula is C15H16N2O4. The van der Waals surface area contributed by atoms with Crippen molar-refractivity contribution < 1.29 is 19.8 Å². The number of hydroxylamine groups is 1. The van der Waals surface area contributed by atoms with Crippen molar-refractivity contribution in [1.82, 2.24) is 10.5 Å². The summed E-state index contributed by atoms with van der Waals surface area (Å²) in [5.41, 5.74) is 3.44. The van der Waals surface area contributed by atoms with Crippen LogP contribution in [-0.4, -0.2) is 21.2 Å². The summed E-state index contributed by atoms with van der Waals surface area (Å²) in [7, 11) is 0. The summed E-state index contributed by atoms with van der Waals surface area (Å²) in [6.07, 6.45) is 1.45. The summed E-state index contributed by atoms with van der Waals surface area (Å²) in [4.78, 5) is 15.1. The van der Waals surface area contributed by atoms with Gasteiger partial charge in [0.05, 0.1) is 13.2 Å². The maximum absolute atomic E-state index is 11.3. The second-order valence-electron chi connectivity index (χ2n) is 4.52. The molecule has 0 fully saturated rings. The summed E-state index contributed by atoms with van der Waals surface area (Å²) in [5.74, 6) is -1.12. The van der Waals surface area contributed by atoms with Gasteiger partial charge in [-0.25, -0.2) is 10.5 Å². The van der Waals surface area contributed by atoms with E-state index in [-0.39, 0.29) is 18.1 Å². The van der Waals surface area contributed by atoms with Gasteiger partial charge in [-0.1, -0.05) is 30.3 Å². The lowest BCUT2D eigenvalue weighted by Crippen LogP contribution is -2.20. The van der Waals surface area contributed by atoms with E-state index >= 15 is 0 Å². The summed E-state index contributed by atoms with van der Waals surface area (Å²) >= 11 is 0. The number of ether oxygens (including phenoxy) is 1. The van der Waals surface area contributed by atoms with Crippen molar-refractivity contribution in [3.05, 3.63) is 58.9 Å². The van der Waals surface area contributed by atoms with E-state index < -0.39 is 5.91 Å². The number of benzene rings is 1. The van der Waals surface area contributed by atoms with E-state index in [0.29, 0.717) is 17.7 Å². The van der Waals surface area contributed by atoms with E-state index in [1.54, 1.807) is 6.92 Å². The number of aromatic nitrogens is 1. The highest BCUT2D eigenvalue weighted by Crippen LogP contribution is 2.23. The Morgan fingerprint density at radius 3 is 2.67 bits per heavy atom. The number of aromatic hydroxyl groups is 1. The van der Waals surface area contributed by atoms with Crippen LogP contribution in [0, 0.1) is 6.92 Å². The number of carbonyl (C=O) groups excluding carboxylic acids is 1. The quantitative estimate of drug-likeness (QED) is 0.577. The van der Waals surface area contributed by atoms with Gasteiger partial charge in [0, 0.05) is 17.3 Å². The summed E-state index contributed by atoms with van der Waals surface area (Å²) in [6, 6.07) is 9.70. The van der Waals surface area contributed by atoms with Crippen LogP contribution in [0.5, 0.6) is 5.75 Å². The van der Waals surface area contributed by atoms with Crippen molar-refractivity contribution >= 4 is 5.91 Å². The maximum atomic E-state index is 11.3. The van der Waals surface area contributed by atoms with Gasteiger partial charge in [0.15, 0.2) is 5.69 Å². The minimum absolute atomic E-state index is 0.221. The Morgan fingerprint density at radius 2 is 2.00 bits per heavy atom. The van der Waals surface area contributed by atoms with Crippen molar-refractivity contribution in [2.45, 2.75) is 20.1 Å². The molecule has 0 bridgehead atoms. The Labute approximate surface area is 122 Å². The summed E-state index contributed by atoms with van der Waals surface area (Å²) < 4.78 is 5.57. The predicted octanol–water partition coefficient (Wildman–Crippen LogP) is 1.93. The van der Waals surface area contributed by atoms with Crippen molar-refractivity contribution in [3.63, 3.8) is 0 Å². The van der Waals surface area contributed by atoms with Gasteiger partial charge in [-0.2, -0.15) is 0 Å². The lowest BCUT2D eigenvalue weighted by atomic mass is 10.1. The molecule has 6 nitrogen and oxygen atoms in total. The molecule has 0 unspecified atom stereocenters. The van der Waals surface area contributed by atoms with Gasteiger partial charge < -0.3 is 9.84 Å². The molecule has 0 spiro atoms. The van der Waals surface area contributed by atoms with Crippen LogP contribution in [0.3, 0.4) is 0 Å². The minimum Gasteiger partial charge on any atom is -0.505 e. The van der Waals surface area contributed by atoms with E-state index in [4.69, 9.17) is 9.94 Å². The summed E-state index contributed by atoms with van der Waals surface area (Å²) in [5, 5.41) is 18.5. The van der Waals surface area contributed by atoms with E-state index in [1.807, 2.05) is 30.3 Å². The number of hydrogen-bond donors (Lipinski definition) is 3. The Bertz CT molecular complexity index is 629. The molecule has 6 heteroatoms. The third-order valence-electron chi connectivity index (χ3n) is 3.10. The third-order valence-corrected chi connectivity index (χ3v) is 3.10. The van der Waals surface area contributed by atoms with Crippen molar-refractivity contribution in [2.75, 3.05) is 0 Å². The lowest BCUT2D eigenvalue weighted by molar-refractivity contribution is 0.0696. The number of pyridine rings is 1. The van der Waals surface area contributed by atoms with Crippen LogP contribution < -0.4 is 5.48 Å². The number of hydrogen-bond acceptors (Lipinski definition) is 5. The monoisotopic (exact) mass is 288 g/mol. The van der Waals surface area contributed by atoms with E-state index in [1.165, 1.54) is 11.7 Å². The van der Waals surface area contributed by atoms with Gasteiger partial charge in [0.25, 0.3) is 5.91 Å². The van der Waals surface area contributed by atoms with Gasteiger partial charge in [0.1, 0.15) is 5.75 Å². The second kappa shape index (κ2) is 6.83. The third kappa shape index (κ3) is 3.56. The largest absolute Gasteiger partial charge is 0.505 e. The van der Waals surface area contributed by atoms with Crippen molar-refractivity contribution in [2.24, 2.45) is 0 Å². The minimum atomic E-state index is -0.854. The molecule has 1 aromatic heterocycles. The number of nitrogens with zero attached hydrogens (tertiary/aromatic N) is 1. The number of nitrogens with one attached hydrogen (secondary N) is 1. The Hall–Kier alpha value is -2.44.